The van der Waals surface area contributed by atoms with Crippen LogP contribution in [0.1, 0.15) is 12.6 Å². The van der Waals surface area contributed by atoms with E-state index in [1.54, 1.807) is 30.2 Å². The second-order valence-corrected chi connectivity index (χ2v) is 5.53. The molecule has 0 aliphatic carbocycles. The lowest BCUT2D eigenvalue weighted by Gasteiger charge is -2.14. The number of aromatic nitrogens is 4. The summed E-state index contributed by atoms with van der Waals surface area (Å²) >= 11 is 0. The number of hydrogen-bond acceptors (Lipinski definition) is 5. The monoisotopic (exact) mass is 337 g/mol. The Morgan fingerprint density at radius 1 is 1.24 bits per heavy atom. The maximum absolute atomic E-state index is 12.2. The largest absolute Gasteiger partial charge is 0.481 e. The topological polar surface area (TPSA) is 81.9 Å². The number of carbonyl (C=O) groups excluding carboxylic acids is 1. The Morgan fingerprint density at radius 2 is 2.04 bits per heavy atom. The molecular weight excluding hydrogens is 318 g/mol. The van der Waals surface area contributed by atoms with E-state index in [4.69, 9.17) is 4.74 Å². The van der Waals surface area contributed by atoms with Crippen molar-refractivity contribution in [1.29, 1.82) is 0 Å². The lowest BCUT2D eigenvalue weighted by atomic mass is 10.3. The van der Waals surface area contributed by atoms with E-state index < -0.39 is 6.10 Å². The molecule has 25 heavy (non-hydrogen) atoms. The number of rotatable bonds is 6. The molecular formula is C18H19N5O2. The van der Waals surface area contributed by atoms with Crippen LogP contribution in [0.25, 0.3) is 11.4 Å². The van der Waals surface area contributed by atoms with Crippen LogP contribution in [0.4, 0.5) is 0 Å². The lowest BCUT2D eigenvalue weighted by Crippen LogP contribution is -2.36. The van der Waals surface area contributed by atoms with Gasteiger partial charge in [-0.2, -0.15) is 5.10 Å². The zero-order valence-electron chi connectivity index (χ0n) is 14.1. The summed E-state index contributed by atoms with van der Waals surface area (Å²) in [5, 5.41) is 7.27. The summed E-state index contributed by atoms with van der Waals surface area (Å²) in [4.78, 5) is 20.5. The van der Waals surface area contributed by atoms with E-state index in [0.717, 1.165) is 5.69 Å². The van der Waals surface area contributed by atoms with Crippen LogP contribution in [-0.2, 0) is 18.4 Å². The predicted octanol–water partition coefficient (Wildman–Crippen LogP) is 1.96. The van der Waals surface area contributed by atoms with Gasteiger partial charge in [-0.3, -0.25) is 19.4 Å². The van der Waals surface area contributed by atoms with E-state index >= 15 is 0 Å². The molecule has 0 saturated heterocycles. The first kappa shape index (κ1) is 16.6. The third-order valence-corrected chi connectivity index (χ3v) is 3.67. The maximum atomic E-state index is 12.2. The number of carbonyl (C=O) groups is 1. The first-order valence-electron chi connectivity index (χ1n) is 7.92. The van der Waals surface area contributed by atoms with Gasteiger partial charge >= 0.3 is 0 Å². The molecule has 3 rings (SSSR count). The Labute approximate surface area is 145 Å². The van der Waals surface area contributed by atoms with Crippen LogP contribution in [0.2, 0.25) is 0 Å². The van der Waals surface area contributed by atoms with Gasteiger partial charge in [-0.25, -0.2) is 0 Å². The second-order valence-electron chi connectivity index (χ2n) is 5.53. The third kappa shape index (κ3) is 4.20. The average molecular weight is 337 g/mol. The van der Waals surface area contributed by atoms with Crippen LogP contribution in [0, 0.1) is 0 Å². The molecule has 0 fully saturated rings. The summed E-state index contributed by atoms with van der Waals surface area (Å²) in [6.07, 6.45) is 4.30. The average Bonchev–Trinajstić information content (AvgIpc) is 3.02. The third-order valence-electron chi connectivity index (χ3n) is 3.67. The SMILES string of the molecule is C[C@H](Oc1ccccc1)C(=O)NCc1cc(-c2cnccn2)nn1C. The highest BCUT2D eigenvalue weighted by molar-refractivity contribution is 5.80. The van der Waals surface area contributed by atoms with E-state index in [9.17, 15) is 4.79 Å². The number of hydrogen-bond donors (Lipinski definition) is 1. The number of amides is 1. The van der Waals surface area contributed by atoms with Gasteiger partial charge in [-0.1, -0.05) is 18.2 Å². The number of benzene rings is 1. The Morgan fingerprint density at radius 3 is 2.76 bits per heavy atom. The van der Waals surface area contributed by atoms with E-state index in [1.165, 1.54) is 0 Å². The summed E-state index contributed by atoms with van der Waals surface area (Å²) in [6, 6.07) is 11.1. The van der Waals surface area contributed by atoms with Gasteiger partial charge in [0.1, 0.15) is 17.1 Å². The molecule has 1 atom stereocenters. The fourth-order valence-corrected chi connectivity index (χ4v) is 2.31. The minimum absolute atomic E-state index is 0.189. The first-order chi connectivity index (χ1) is 12.1. The van der Waals surface area contributed by atoms with Gasteiger partial charge in [0, 0.05) is 19.4 Å². The molecule has 1 amide bonds. The van der Waals surface area contributed by atoms with Crippen molar-refractivity contribution in [2.45, 2.75) is 19.6 Å². The zero-order valence-corrected chi connectivity index (χ0v) is 14.1. The van der Waals surface area contributed by atoms with Crippen molar-refractivity contribution < 1.29 is 9.53 Å². The van der Waals surface area contributed by atoms with E-state index in [1.807, 2.05) is 43.4 Å². The molecule has 0 radical (unpaired) electrons. The van der Waals surface area contributed by atoms with Gasteiger partial charge in [0.2, 0.25) is 0 Å². The summed E-state index contributed by atoms with van der Waals surface area (Å²) in [6.45, 7) is 2.07. The molecule has 1 N–H and O–H groups in total. The molecule has 0 saturated carbocycles. The molecule has 0 aliphatic heterocycles. The van der Waals surface area contributed by atoms with Gasteiger partial charge in [-0.15, -0.1) is 0 Å². The lowest BCUT2D eigenvalue weighted by molar-refractivity contribution is -0.127. The van der Waals surface area contributed by atoms with Crippen molar-refractivity contribution in [3.05, 3.63) is 60.7 Å². The smallest absolute Gasteiger partial charge is 0.261 e. The fourth-order valence-electron chi connectivity index (χ4n) is 2.31. The molecule has 7 heteroatoms. The van der Waals surface area contributed by atoms with Crippen molar-refractivity contribution in [3.63, 3.8) is 0 Å². The number of aryl methyl sites for hydroxylation is 1. The Hall–Kier alpha value is -3.22. The molecule has 2 heterocycles. The Kier molecular flexibility index (Phi) is 5.03. The summed E-state index contributed by atoms with van der Waals surface area (Å²) < 4.78 is 7.33. The molecule has 0 bridgehead atoms. The first-order valence-corrected chi connectivity index (χ1v) is 7.92. The molecule has 128 valence electrons. The van der Waals surface area contributed by atoms with Crippen molar-refractivity contribution in [1.82, 2.24) is 25.1 Å². The van der Waals surface area contributed by atoms with Crippen LogP contribution < -0.4 is 10.1 Å². The summed E-state index contributed by atoms with van der Waals surface area (Å²) in [7, 11) is 1.82. The van der Waals surface area contributed by atoms with Crippen LogP contribution >= 0.6 is 0 Å². The number of nitrogens with one attached hydrogen (secondary N) is 1. The minimum atomic E-state index is -0.588. The number of nitrogens with zero attached hydrogens (tertiary/aromatic N) is 4. The van der Waals surface area contributed by atoms with Crippen molar-refractivity contribution in [2.24, 2.45) is 7.05 Å². The van der Waals surface area contributed by atoms with E-state index in [2.05, 4.69) is 20.4 Å². The number of ether oxygens (including phenoxy) is 1. The highest BCUT2D eigenvalue weighted by Crippen LogP contribution is 2.15. The molecule has 2 aromatic heterocycles. The second kappa shape index (κ2) is 7.57. The Balaban J connectivity index is 1.60. The van der Waals surface area contributed by atoms with Gasteiger partial charge in [0.05, 0.1) is 18.4 Å². The molecule has 0 aliphatic rings. The minimum Gasteiger partial charge on any atom is -0.481 e. The summed E-state index contributed by atoms with van der Waals surface area (Å²) in [5.74, 6) is 0.474. The molecule has 0 spiro atoms. The quantitative estimate of drug-likeness (QED) is 0.743. The van der Waals surface area contributed by atoms with Gasteiger partial charge < -0.3 is 10.1 Å². The van der Waals surface area contributed by atoms with Gasteiger partial charge in [-0.05, 0) is 25.1 Å². The molecule has 7 nitrogen and oxygen atoms in total. The van der Waals surface area contributed by atoms with Crippen LogP contribution in [0.15, 0.2) is 55.0 Å². The zero-order chi connectivity index (χ0) is 17.6. The van der Waals surface area contributed by atoms with Crippen LogP contribution in [-0.4, -0.2) is 31.8 Å². The van der Waals surface area contributed by atoms with Crippen molar-refractivity contribution in [3.8, 4) is 17.1 Å². The van der Waals surface area contributed by atoms with E-state index in [0.29, 0.717) is 23.7 Å². The highest BCUT2D eigenvalue weighted by atomic mass is 16.5. The van der Waals surface area contributed by atoms with Crippen molar-refractivity contribution in [2.75, 3.05) is 0 Å². The molecule has 0 unspecified atom stereocenters. The Bertz CT molecular complexity index is 833. The number of para-hydroxylation sites is 1. The van der Waals surface area contributed by atoms with Crippen LogP contribution in [0.3, 0.4) is 0 Å². The summed E-state index contributed by atoms with van der Waals surface area (Å²) in [5.41, 5.74) is 2.27. The standard InChI is InChI=1S/C18H19N5O2/c1-13(25-15-6-4-3-5-7-15)18(24)21-11-14-10-16(22-23(14)2)17-12-19-8-9-20-17/h3-10,12-13H,11H2,1-2H3,(H,21,24)/t13-/m0/s1. The van der Waals surface area contributed by atoms with E-state index in [-0.39, 0.29) is 5.91 Å². The van der Waals surface area contributed by atoms with Crippen LogP contribution in [0.5, 0.6) is 5.75 Å². The predicted molar refractivity (Wildman–Crippen MR) is 92.6 cm³/mol. The van der Waals surface area contributed by atoms with Gasteiger partial charge in [0.25, 0.3) is 5.91 Å². The normalized spacial score (nSPS) is 11.8. The van der Waals surface area contributed by atoms with Crippen molar-refractivity contribution >= 4 is 5.91 Å². The molecule has 1 aromatic carbocycles. The van der Waals surface area contributed by atoms with Gasteiger partial charge in [0.15, 0.2) is 6.10 Å². The highest BCUT2D eigenvalue weighted by Gasteiger charge is 2.15. The maximum Gasteiger partial charge on any atom is 0.261 e. The molecule has 3 aromatic rings. The fraction of sp³-hybridized carbons (Fsp3) is 0.222.